The van der Waals surface area contributed by atoms with Gasteiger partial charge in [0.2, 0.25) is 0 Å². The zero-order valence-corrected chi connectivity index (χ0v) is 13.8. The number of hydrogen-bond acceptors (Lipinski definition) is 5. The van der Waals surface area contributed by atoms with Gasteiger partial charge in [-0.25, -0.2) is 8.42 Å². The lowest BCUT2D eigenvalue weighted by molar-refractivity contribution is 0.438. The molecule has 1 saturated heterocycles. The largest absolute Gasteiger partial charge is 0.317 e. The zero-order valence-electron chi connectivity index (χ0n) is 12.1. The van der Waals surface area contributed by atoms with Gasteiger partial charge in [0.15, 0.2) is 9.84 Å². The summed E-state index contributed by atoms with van der Waals surface area (Å²) in [5.41, 5.74) is 0. The van der Waals surface area contributed by atoms with Gasteiger partial charge in [0.05, 0.1) is 11.5 Å². The minimum atomic E-state index is -3.60. The Morgan fingerprint density at radius 3 is 2.55 bits per heavy atom. The van der Waals surface area contributed by atoms with Crippen molar-refractivity contribution in [3.63, 3.8) is 0 Å². The zero-order chi connectivity index (χ0) is 15.2. The Balaban J connectivity index is 2.36. The summed E-state index contributed by atoms with van der Waals surface area (Å²) in [6.45, 7) is 4.18. The topological polar surface area (TPSA) is 95.6 Å². The maximum absolute atomic E-state index is 12.0. The first-order valence-corrected chi connectivity index (χ1v) is 10.2. The van der Waals surface area contributed by atoms with E-state index in [1.165, 1.54) is 11.4 Å². The highest BCUT2D eigenvalue weighted by Gasteiger charge is 2.32. The Morgan fingerprint density at radius 1 is 1.30 bits per heavy atom. The third-order valence-corrected chi connectivity index (χ3v) is 6.61. The molecule has 1 fully saturated rings. The highest BCUT2D eigenvalue weighted by Crippen LogP contribution is 2.13. The van der Waals surface area contributed by atoms with Gasteiger partial charge in [-0.2, -0.15) is 17.4 Å². The van der Waals surface area contributed by atoms with Crippen LogP contribution in [0.5, 0.6) is 0 Å². The lowest BCUT2D eigenvalue weighted by atomic mass is 10.3. The second-order valence-electron chi connectivity index (χ2n) is 5.15. The Kier molecular flexibility index (Phi) is 6.86. The van der Waals surface area contributed by atoms with Gasteiger partial charge in [-0.3, -0.25) is 0 Å². The SMILES string of the molecule is CCCNCCCN(C)S(=O)(=O)NC1CCS(=O)(=O)C1. The molecule has 1 unspecified atom stereocenters. The highest BCUT2D eigenvalue weighted by atomic mass is 32.2. The van der Waals surface area contributed by atoms with E-state index in [-0.39, 0.29) is 11.5 Å². The quantitative estimate of drug-likeness (QED) is 0.548. The Hall–Kier alpha value is -0.220. The van der Waals surface area contributed by atoms with Crippen molar-refractivity contribution in [3.8, 4) is 0 Å². The van der Waals surface area contributed by atoms with Crippen molar-refractivity contribution in [1.29, 1.82) is 0 Å². The van der Waals surface area contributed by atoms with Crippen molar-refractivity contribution in [1.82, 2.24) is 14.3 Å². The van der Waals surface area contributed by atoms with Gasteiger partial charge in [0.25, 0.3) is 10.2 Å². The molecule has 1 rings (SSSR count). The lowest BCUT2D eigenvalue weighted by Gasteiger charge is -2.20. The van der Waals surface area contributed by atoms with Crippen molar-refractivity contribution in [2.45, 2.75) is 32.2 Å². The van der Waals surface area contributed by atoms with E-state index in [1.807, 2.05) is 0 Å². The molecule has 20 heavy (non-hydrogen) atoms. The summed E-state index contributed by atoms with van der Waals surface area (Å²) in [7, 11) is -5.17. The van der Waals surface area contributed by atoms with Crippen LogP contribution in [0.4, 0.5) is 0 Å². The van der Waals surface area contributed by atoms with Crippen molar-refractivity contribution in [2.24, 2.45) is 0 Å². The normalized spacial score (nSPS) is 22.4. The lowest BCUT2D eigenvalue weighted by Crippen LogP contribution is -2.44. The predicted molar refractivity (Wildman–Crippen MR) is 79.5 cm³/mol. The monoisotopic (exact) mass is 327 g/mol. The second-order valence-corrected chi connectivity index (χ2v) is 9.19. The Labute approximate surface area is 122 Å². The Morgan fingerprint density at radius 2 is 2.00 bits per heavy atom. The summed E-state index contributed by atoms with van der Waals surface area (Å²) in [5, 5.41) is 3.20. The summed E-state index contributed by atoms with van der Waals surface area (Å²) < 4.78 is 50.4. The fourth-order valence-electron chi connectivity index (χ4n) is 2.04. The maximum atomic E-state index is 12.0. The molecule has 0 saturated carbocycles. The number of nitrogens with zero attached hydrogens (tertiary/aromatic N) is 1. The van der Waals surface area contributed by atoms with Crippen LogP contribution in [0.25, 0.3) is 0 Å². The molecule has 1 aliphatic rings. The number of sulfone groups is 1. The standard InChI is InChI=1S/C11H25N3O4S2/c1-3-6-12-7-4-8-14(2)20(17,18)13-11-5-9-19(15,16)10-11/h11-13H,3-10H2,1-2H3. The minimum Gasteiger partial charge on any atom is -0.317 e. The van der Waals surface area contributed by atoms with Gasteiger partial charge < -0.3 is 5.32 Å². The number of nitrogens with one attached hydrogen (secondary N) is 2. The second kappa shape index (κ2) is 7.69. The summed E-state index contributed by atoms with van der Waals surface area (Å²) in [6, 6.07) is -0.495. The van der Waals surface area contributed by atoms with E-state index in [2.05, 4.69) is 17.0 Å². The van der Waals surface area contributed by atoms with Crippen molar-refractivity contribution in [3.05, 3.63) is 0 Å². The molecule has 0 radical (unpaired) electrons. The van der Waals surface area contributed by atoms with Gasteiger partial charge >= 0.3 is 0 Å². The fraction of sp³-hybridized carbons (Fsp3) is 1.00. The molecule has 0 aromatic heterocycles. The molecule has 1 heterocycles. The molecule has 1 aliphatic heterocycles. The van der Waals surface area contributed by atoms with Crippen LogP contribution < -0.4 is 10.0 Å². The summed E-state index contributed by atoms with van der Waals surface area (Å²) in [6.07, 6.45) is 2.12. The molecule has 0 amide bonds. The van der Waals surface area contributed by atoms with Crippen molar-refractivity contribution >= 4 is 20.0 Å². The fourth-order valence-corrected chi connectivity index (χ4v) is 4.99. The van der Waals surface area contributed by atoms with Gasteiger partial charge in [-0.05, 0) is 32.4 Å². The molecule has 0 aromatic carbocycles. The molecular formula is C11H25N3O4S2. The summed E-state index contributed by atoms with van der Waals surface area (Å²) >= 11 is 0. The van der Waals surface area contributed by atoms with Crippen LogP contribution in [0, 0.1) is 0 Å². The Bertz CT molecular complexity index is 490. The van der Waals surface area contributed by atoms with Crippen LogP contribution >= 0.6 is 0 Å². The van der Waals surface area contributed by atoms with Gasteiger partial charge in [-0.1, -0.05) is 6.92 Å². The van der Waals surface area contributed by atoms with Gasteiger partial charge in [0.1, 0.15) is 0 Å². The molecule has 0 aromatic rings. The first kappa shape index (κ1) is 17.8. The van der Waals surface area contributed by atoms with E-state index >= 15 is 0 Å². The number of hydrogen-bond donors (Lipinski definition) is 2. The average Bonchev–Trinajstić information content (AvgIpc) is 2.67. The predicted octanol–water partition coefficient (Wildman–Crippen LogP) is -0.671. The van der Waals surface area contributed by atoms with Crippen molar-refractivity contribution < 1.29 is 16.8 Å². The van der Waals surface area contributed by atoms with Crippen LogP contribution in [-0.4, -0.2) is 65.4 Å². The van der Waals surface area contributed by atoms with Crippen LogP contribution in [-0.2, 0) is 20.0 Å². The van der Waals surface area contributed by atoms with Crippen LogP contribution in [0.15, 0.2) is 0 Å². The molecular weight excluding hydrogens is 302 g/mol. The molecule has 7 nitrogen and oxygen atoms in total. The smallest absolute Gasteiger partial charge is 0.279 e. The highest BCUT2D eigenvalue weighted by molar-refractivity contribution is 7.91. The first-order chi connectivity index (χ1) is 9.27. The van der Waals surface area contributed by atoms with Crippen LogP contribution in [0.1, 0.15) is 26.2 Å². The summed E-state index contributed by atoms with van der Waals surface area (Å²) in [5.74, 6) is -0.0387. The molecule has 9 heteroatoms. The minimum absolute atomic E-state index is 0.0604. The number of rotatable bonds is 9. The van der Waals surface area contributed by atoms with E-state index in [0.717, 1.165) is 25.9 Å². The van der Waals surface area contributed by atoms with Gasteiger partial charge in [-0.15, -0.1) is 0 Å². The van der Waals surface area contributed by atoms with Crippen LogP contribution in [0.2, 0.25) is 0 Å². The van der Waals surface area contributed by atoms with E-state index in [9.17, 15) is 16.8 Å². The third-order valence-electron chi connectivity index (χ3n) is 3.21. The molecule has 2 N–H and O–H groups in total. The molecule has 120 valence electrons. The third kappa shape index (κ3) is 6.04. The van der Waals surface area contributed by atoms with E-state index in [0.29, 0.717) is 13.0 Å². The van der Waals surface area contributed by atoms with Crippen LogP contribution in [0.3, 0.4) is 0 Å². The molecule has 1 atom stereocenters. The summed E-state index contributed by atoms with van der Waals surface area (Å²) in [4.78, 5) is 0. The average molecular weight is 327 g/mol. The van der Waals surface area contributed by atoms with Crippen molar-refractivity contribution in [2.75, 3.05) is 38.2 Å². The molecule has 0 aliphatic carbocycles. The maximum Gasteiger partial charge on any atom is 0.279 e. The first-order valence-electron chi connectivity index (χ1n) is 6.91. The molecule has 0 bridgehead atoms. The molecule has 0 spiro atoms. The van der Waals surface area contributed by atoms with Gasteiger partial charge in [0, 0.05) is 19.6 Å². The van der Waals surface area contributed by atoms with E-state index in [1.54, 1.807) is 0 Å². The van der Waals surface area contributed by atoms with E-state index in [4.69, 9.17) is 0 Å². The van der Waals surface area contributed by atoms with E-state index < -0.39 is 26.1 Å².